The van der Waals surface area contributed by atoms with Crippen molar-refractivity contribution in [3.05, 3.63) is 64.3 Å². The molecule has 9 heteroatoms. The molecule has 0 amide bonds. The number of halogens is 3. The molecule has 1 aromatic heterocycles. The first-order valence-electron chi connectivity index (χ1n) is 9.95. The molecular weight excluding hydrogens is 521 g/mol. The highest BCUT2D eigenvalue weighted by Gasteiger charge is 2.22. The molecule has 31 heavy (non-hydrogen) atoms. The van der Waals surface area contributed by atoms with E-state index in [2.05, 4.69) is 32.7 Å². The molecular formula is C22H28BrCl2N3O2S. The summed E-state index contributed by atoms with van der Waals surface area (Å²) in [5, 5.41) is 0.960. The van der Waals surface area contributed by atoms with Crippen molar-refractivity contribution in [2.75, 3.05) is 32.7 Å². The molecule has 0 saturated carbocycles. The highest BCUT2D eigenvalue weighted by molar-refractivity contribution is 9.10. The molecule has 1 saturated heterocycles. The van der Waals surface area contributed by atoms with Gasteiger partial charge in [0.25, 0.3) is 10.0 Å². The first kappa shape index (κ1) is 26.2. The van der Waals surface area contributed by atoms with Crippen LogP contribution in [-0.4, -0.2) is 54.9 Å². The smallest absolute Gasteiger partial charge is 0.268 e. The van der Waals surface area contributed by atoms with Crippen molar-refractivity contribution in [3.8, 4) is 0 Å². The van der Waals surface area contributed by atoms with Gasteiger partial charge in [-0.1, -0.05) is 41.1 Å². The Kier molecular flexibility index (Phi) is 9.02. The van der Waals surface area contributed by atoms with Crippen LogP contribution in [0.1, 0.15) is 18.1 Å². The van der Waals surface area contributed by atoms with E-state index in [1.54, 1.807) is 12.3 Å². The third-order valence-electron chi connectivity index (χ3n) is 5.76. The van der Waals surface area contributed by atoms with Crippen molar-refractivity contribution >= 4 is 61.7 Å². The van der Waals surface area contributed by atoms with E-state index in [9.17, 15) is 8.42 Å². The molecule has 0 radical (unpaired) electrons. The van der Waals surface area contributed by atoms with Crippen LogP contribution in [0.2, 0.25) is 0 Å². The Morgan fingerprint density at radius 1 is 0.968 bits per heavy atom. The van der Waals surface area contributed by atoms with E-state index in [0.717, 1.165) is 60.3 Å². The van der Waals surface area contributed by atoms with E-state index in [1.807, 2.05) is 43.3 Å². The second-order valence-corrected chi connectivity index (χ2v) is 10.3. The minimum atomic E-state index is -3.67. The van der Waals surface area contributed by atoms with Gasteiger partial charge >= 0.3 is 0 Å². The van der Waals surface area contributed by atoms with Gasteiger partial charge in [0.05, 0.1) is 10.4 Å². The molecule has 3 aromatic rings. The van der Waals surface area contributed by atoms with Gasteiger partial charge in [0.2, 0.25) is 0 Å². The summed E-state index contributed by atoms with van der Waals surface area (Å²) in [5.41, 5.74) is 2.67. The van der Waals surface area contributed by atoms with Crippen LogP contribution in [0.3, 0.4) is 0 Å². The van der Waals surface area contributed by atoms with Gasteiger partial charge in [0.1, 0.15) is 0 Å². The average Bonchev–Trinajstić information content (AvgIpc) is 3.08. The van der Waals surface area contributed by atoms with Gasteiger partial charge in [-0.3, -0.25) is 4.90 Å². The third kappa shape index (κ3) is 5.29. The summed E-state index contributed by atoms with van der Waals surface area (Å²) in [6.07, 6.45) is 1.71. The van der Waals surface area contributed by atoms with Crippen LogP contribution in [0, 0.1) is 6.92 Å². The monoisotopic (exact) mass is 547 g/mol. The lowest BCUT2D eigenvalue weighted by molar-refractivity contribution is 0.131. The van der Waals surface area contributed by atoms with Crippen molar-refractivity contribution in [2.24, 2.45) is 0 Å². The molecule has 0 bridgehead atoms. The quantitative estimate of drug-likeness (QED) is 0.453. The summed E-state index contributed by atoms with van der Waals surface area (Å²) in [6, 6.07) is 13.0. The van der Waals surface area contributed by atoms with E-state index in [4.69, 9.17) is 0 Å². The number of benzene rings is 2. The van der Waals surface area contributed by atoms with E-state index < -0.39 is 10.0 Å². The molecule has 4 rings (SSSR count). The van der Waals surface area contributed by atoms with Crippen molar-refractivity contribution < 1.29 is 8.42 Å². The highest BCUT2D eigenvalue weighted by atomic mass is 79.9. The Labute approximate surface area is 205 Å². The fourth-order valence-electron chi connectivity index (χ4n) is 3.96. The molecule has 170 valence electrons. The summed E-state index contributed by atoms with van der Waals surface area (Å²) >= 11 is 3.61. The zero-order chi connectivity index (χ0) is 20.6. The first-order chi connectivity index (χ1) is 13.9. The van der Waals surface area contributed by atoms with Crippen molar-refractivity contribution in [1.29, 1.82) is 0 Å². The molecule has 2 aromatic carbocycles. The Morgan fingerprint density at radius 3 is 2.29 bits per heavy atom. The van der Waals surface area contributed by atoms with Gasteiger partial charge in [-0.05, 0) is 48.9 Å². The van der Waals surface area contributed by atoms with Crippen LogP contribution in [0.4, 0.5) is 0 Å². The summed E-state index contributed by atoms with van der Waals surface area (Å²) in [6.45, 7) is 10.1. The Bertz CT molecular complexity index is 1140. The number of piperazine rings is 1. The predicted octanol–water partition coefficient (Wildman–Crippen LogP) is 4.93. The second kappa shape index (κ2) is 10.7. The number of aryl methyl sites for hydroxylation is 1. The summed E-state index contributed by atoms with van der Waals surface area (Å²) < 4.78 is 29.2. The van der Waals surface area contributed by atoms with Crippen LogP contribution >= 0.6 is 40.7 Å². The van der Waals surface area contributed by atoms with Gasteiger partial charge in [0, 0.05) is 48.8 Å². The fourth-order valence-corrected chi connectivity index (χ4v) is 5.81. The van der Waals surface area contributed by atoms with Crippen LogP contribution in [0.5, 0.6) is 0 Å². The number of nitrogens with zero attached hydrogens (tertiary/aromatic N) is 3. The molecule has 2 heterocycles. The van der Waals surface area contributed by atoms with E-state index in [0.29, 0.717) is 10.4 Å². The largest absolute Gasteiger partial charge is 0.301 e. The van der Waals surface area contributed by atoms with Crippen LogP contribution in [0.15, 0.2) is 58.0 Å². The number of rotatable bonds is 5. The van der Waals surface area contributed by atoms with Crippen LogP contribution in [-0.2, 0) is 16.6 Å². The maximum Gasteiger partial charge on any atom is 0.268 e. The minimum Gasteiger partial charge on any atom is -0.301 e. The van der Waals surface area contributed by atoms with Crippen molar-refractivity contribution in [3.63, 3.8) is 0 Å². The molecule has 0 N–H and O–H groups in total. The second-order valence-electron chi connectivity index (χ2n) is 7.59. The molecule has 1 aliphatic rings. The Balaban J connectivity index is 0.00000171. The van der Waals surface area contributed by atoms with Gasteiger partial charge in [-0.25, -0.2) is 12.4 Å². The topological polar surface area (TPSA) is 45.6 Å². The molecule has 0 atom stereocenters. The number of hydrogen-bond acceptors (Lipinski definition) is 4. The van der Waals surface area contributed by atoms with Crippen molar-refractivity contribution in [2.45, 2.75) is 25.3 Å². The summed E-state index contributed by atoms with van der Waals surface area (Å²) in [5.74, 6) is 0. The van der Waals surface area contributed by atoms with Crippen LogP contribution < -0.4 is 0 Å². The van der Waals surface area contributed by atoms with Crippen LogP contribution in [0.25, 0.3) is 10.9 Å². The third-order valence-corrected chi connectivity index (χ3v) is 8.20. The van der Waals surface area contributed by atoms with Gasteiger partial charge in [0.15, 0.2) is 0 Å². The number of hydrogen-bond donors (Lipinski definition) is 0. The molecule has 1 aliphatic heterocycles. The van der Waals surface area contributed by atoms with Gasteiger partial charge < -0.3 is 4.90 Å². The number of aromatic nitrogens is 1. The first-order valence-corrected chi connectivity index (χ1v) is 12.2. The zero-order valence-corrected chi connectivity index (χ0v) is 21.7. The lowest BCUT2D eigenvalue weighted by Crippen LogP contribution is -2.45. The van der Waals surface area contributed by atoms with E-state index in [1.165, 1.54) is 3.97 Å². The Hall–Kier alpha value is -1.09. The fraction of sp³-hybridized carbons (Fsp3) is 0.364. The number of likely N-dealkylation sites (N-methyl/N-ethyl adjacent to an activating group) is 1. The molecule has 0 unspecified atom stereocenters. The van der Waals surface area contributed by atoms with E-state index in [-0.39, 0.29) is 24.8 Å². The number of para-hydroxylation sites is 1. The normalized spacial score (nSPS) is 15.5. The lowest BCUT2D eigenvalue weighted by atomic mass is 10.2. The maximum atomic E-state index is 13.4. The van der Waals surface area contributed by atoms with Gasteiger partial charge in [-0.2, -0.15) is 0 Å². The SMILES string of the molecule is CCN1CCN(Cc2cc(S(=O)(=O)n3cc(C)c4ccccc43)ccc2Br)CC1.Cl.Cl. The maximum absolute atomic E-state index is 13.4. The summed E-state index contributed by atoms with van der Waals surface area (Å²) in [7, 11) is -3.67. The van der Waals surface area contributed by atoms with Gasteiger partial charge in [-0.15, -0.1) is 24.8 Å². The zero-order valence-electron chi connectivity index (χ0n) is 17.6. The Morgan fingerprint density at radius 2 is 1.61 bits per heavy atom. The standard InChI is InChI=1S/C22H26BrN3O2S.2ClH/c1-3-24-10-12-25(13-11-24)16-18-14-19(8-9-21(18)23)29(27,28)26-15-17(2)20-6-4-5-7-22(20)26;;/h4-9,14-15H,3,10-13,16H2,1-2H3;2*1H. The molecule has 0 spiro atoms. The number of fused-ring (bicyclic) bond motifs is 1. The lowest BCUT2D eigenvalue weighted by Gasteiger charge is -2.34. The summed E-state index contributed by atoms with van der Waals surface area (Å²) in [4.78, 5) is 5.15. The molecule has 0 aliphatic carbocycles. The predicted molar refractivity (Wildman–Crippen MR) is 135 cm³/mol. The molecule has 5 nitrogen and oxygen atoms in total. The highest BCUT2D eigenvalue weighted by Crippen LogP contribution is 2.28. The minimum absolute atomic E-state index is 0. The average molecular weight is 549 g/mol. The molecule has 1 fully saturated rings. The van der Waals surface area contributed by atoms with Crippen molar-refractivity contribution in [1.82, 2.24) is 13.8 Å². The van der Waals surface area contributed by atoms with E-state index >= 15 is 0 Å².